The Morgan fingerprint density at radius 3 is 2.45 bits per heavy atom. The Morgan fingerprint density at radius 1 is 1.20 bits per heavy atom. The average molecular weight is 324 g/mol. The molecule has 0 bridgehead atoms. The van der Waals surface area contributed by atoms with Gasteiger partial charge in [-0.25, -0.2) is 4.39 Å². The smallest absolute Gasteiger partial charge is 0.324 e. The first kappa shape index (κ1) is 15.3. The zero-order valence-electron chi connectivity index (χ0n) is 10.0. The SMILES string of the molecule is NC(Cc1ccc(Cl)s1)c1ccc(F)c(C(F)(F)F)c1. The highest BCUT2D eigenvalue weighted by molar-refractivity contribution is 7.16. The van der Waals surface area contributed by atoms with Gasteiger partial charge < -0.3 is 5.73 Å². The fourth-order valence-corrected chi connectivity index (χ4v) is 2.93. The van der Waals surface area contributed by atoms with Crippen LogP contribution in [0.3, 0.4) is 0 Å². The van der Waals surface area contributed by atoms with Crippen LogP contribution in [0.2, 0.25) is 4.34 Å². The first-order valence-electron chi connectivity index (χ1n) is 5.64. The summed E-state index contributed by atoms with van der Waals surface area (Å²) in [5, 5.41) is 0. The Balaban J connectivity index is 2.24. The van der Waals surface area contributed by atoms with Crippen LogP contribution in [0.5, 0.6) is 0 Å². The molecule has 1 nitrogen and oxygen atoms in total. The minimum Gasteiger partial charge on any atom is -0.324 e. The van der Waals surface area contributed by atoms with Crippen LogP contribution >= 0.6 is 22.9 Å². The molecule has 108 valence electrons. The molecule has 0 aliphatic carbocycles. The quantitative estimate of drug-likeness (QED) is 0.807. The van der Waals surface area contributed by atoms with Gasteiger partial charge in [-0.05, 0) is 29.8 Å². The summed E-state index contributed by atoms with van der Waals surface area (Å²) >= 11 is 7.09. The Kier molecular flexibility index (Phi) is 4.36. The van der Waals surface area contributed by atoms with Crippen molar-refractivity contribution in [2.45, 2.75) is 18.6 Å². The number of hydrogen-bond acceptors (Lipinski definition) is 2. The molecule has 1 atom stereocenters. The van der Waals surface area contributed by atoms with Crippen molar-refractivity contribution in [3.63, 3.8) is 0 Å². The van der Waals surface area contributed by atoms with E-state index >= 15 is 0 Å². The molecule has 1 aromatic heterocycles. The molecular weight excluding hydrogens is 314 g/mol. The maximum Gasteiger partial charge on any atom is 0.419 e. The third-order valence-electron chi connectivity index (χ3n) is 2.77. The average Bonchev–Trinajstić information content (AvgIpc) is 2.73. The first-order valence-corrected chi connectivity index (χ1v) is 6.83. The first-order chi connectivity index (χ1) is 9.27. The molecule has 2 rings (SSSR count). The zero-order chi connectivity index (χ0) is 14.9. The third kappa shape index (κ3) is 3.50. The molecule has 2 N–H and O–H groups in total. The maximum absolute atomic E-state index is 13.2. The van der Waals surface area contributed by atoms with Gasteiger partial charge in [0.05, 0.1) is 9.90 Å². The topological polar surface area (TPSA) is 26.0 Å². The standard InChI is InChI=1S/C13H10ClF4NS/c14-12-4-2-8(20-12)6-11(19)7-1-3-10(15)9(5-7)13(16,17)18/h1-5,11H,6,19H2. The van der Waals surface area contributed by atoms with Crippen molar-refractivity contribution in [3.8, 4) is 0 Å². The number of rotatable bonds is 3. The predicted octanol–water partition coefficient (Wildman–Crippen LogP) is 4.80. The molecule has 0 radical (unpaired) electrons. The van der Waals surface area contributed by atoms with E-state index in [0.717, 1.165) is 17.0 Å². The fourth-order valence-electron chi connectivity index (χ4n) is 1.79. The molecule has 20 heavy (non-hydrogen) atoms. The fraction of sp³-hybridized carbons (Fsp3) is 0.231. The predicted molar refractivity (Wildman–Crippen MR) is 71.4 cm³/mol. The molecule has 2 aromatic rings. The van der Waals surface area contributed by atoms with Crippen LogP contribution in [0.1, 0.15) is 22.0 Å². The third-order valence-corrected chi connectivity index (χ3v) is 4.03. The van der Waals surface area contributed by atoms with Gasteiger partial charge in [0, 0.05) is 17.3 Å². The molecule has 1 aromatic carbocycles. The van der Waals surface area contributed by atoms with E-state index in [9.17, 15) is 17.6 Å². The van der Waals surface area contributed by atoms with Gasteiger partial charge in [0.1, 0.15) is 5.82 Å². The van der Waals surface area contributed by atoms with Crippen LogP contribution in [0.4, 0.5) is 17.6 Å². The van der Waals surface area contributed by atoms with E-state index in [2.05, 4.69) is 0 Å². The molecule has 0 aliphatic rings. The van der Waals surface area contributed by atoms with Crippen LogP contribution in [-0.2, 0) is 12.6 Å². The van der Waals surface area contributed by atoms with Gasteiger partial charge in [-0.3, -0.25) is 0 Å². The van der Waals surface area contributed by atoms with E-state index in [4.69, 9.17) is 17.3 Å². The molecule has 0 amide bonds. The van der Waals surface area contributed by atoms with Crippen LogP contribution < -0.4 is 5.73 Å². The van der Waals surface area contributed by atoms with E-state index in [1.807, 2.05) is 0 Å². The van der Waals surface area contributed by atoms with Gasteiger partial charge in [-0.15, -0.1) is 11.3 Å². The Hall–Kier alpha value is -1.11. The van der Waals surface area contributed by atoms with Gasteiger partial charge in [0.25, 0.3) is 0 Å². The van der Waals surface area contributed by atoms with Crippen molar-refractivity contribution in [3.05, 3.63) is 56.5 Å². The minimum atomic E-state index is -4.73. The van der Waals surface area contributed by atoms with Crippen LogP contribution in [0, 0.1) is 5.82 Å². The summed E-state index contributed by atoms with van der Waals surface area (Å²) in [6, 6.07) is 5.63. The van der Waals surface area contributed by atoms with E-state index in [-0.39, 0.29) is 5.56 Å². The summed E-state index contributed by atoms with van der Waals surface area (Å²) in [6.07, 6.45) is -4.38. The van der Waals surface area contributed by atoms with Crippen molar-refractivity contribution in [2.75, 3.05) is 0 Å². The number of halogens is 5. The highest BCUT2D eigenvalue weighted by atomic mass is 35.5. The molecule has 7 heteroatoms. The van der Waals surface area contributed by atoms with Crippen LogP contribution in [0.15, 0.2) is 30.3 Å². The monoisotopic (exact) mass is 323 g/mol. The highest BCUT2D eigenvalue weighted by Gasteiger charge is 2.34. The zero-order valence-corrected chi connectivity index (χ0v) is 11.6. The van der Waals surface area contributed by atoms with E-state index < -0.39 is 23.6 Å². The molecule has 1 unspecified atom stereocenters. The summed E-state index contributed by atoms with van der Waals surface area (Å²) in [6.45, 7) is 0. The number of nitrogens with two attached hydrogens (primary N) is 1. The number of thiophene rings is 1. The van der Waals surface area contributed by atoms with E-state index in [1.165, 1.54) is 17.4 Å². The molecule has 1 heterocycles. The van der Waals surface area contributed by atoms with Crippen molar-refractivity contribution in [1.29, 1.82) is 0 Å². The number of alkyl halides is 3. The Labute approximate surface area is 122 Å². The van der Waals surface area contributed by atoms with Crippen molar-refractivity contribution in [1.82, 2.24) is 0 Å². The lowest BCUT2D eigenvalue weighted by Gasteiger charge is -2.14. The maximum atomic E-state index is 13.2. The lowest BCUT2D eigenvalue weighted by Crippen LogP contribution is -2.15. The Bertz CT molecular complexity index is 609. The van der Waals surface area contributed by atoms with Gasteiger partial charge in [-0.1, -0.05) is 17.7 Å². The lowest BCUT2D eigenvalue weighted by atomic mass is 10.0. The second-order valence-electron chi connectivity index (χ2n) is 4.25. The molecule has 0 fully saturated rings. The summed E-state index contributed by atoms with van der Waals surface area (Å²) in [4.78, 5) is 0.861. The van der Waals surface area contributed by atoms with Gasteiger partial charge in [-0.2, -0.15) is 13.2 Å². The van der Waals surface area contributed by atoms with Gasteiger partial charge in [0.2, 0.25) is 0 Å². The minimum absolute atomic E-state index is 0.239. The van der Waals surface area contributed by atoms with Crippen LogP contribution in [0.25, 0.3) is 0 Å². The largest absolute Gasteiger partial charge is 0.419 e. The van der Waals surface area contributed by atoms with E-state index in [0.29, 0.717) is 10.8 Å². The molecule has 0 spiro atoms. The van der Waals surface area contributed by atoms with Crippen LogP contribution in [-0.4, -0.2) is 0 Å². The van der Waals surface area contributed by atoms with Gasteiger partial charge in [0.15, 0.2) is 0 Å². The van der Waals surface area contributed by atoms with E-state index in [1.54, 1.807) is 12.1 Å². The summed E-state index contributed by atoms with van der Waals surface area (Å²) < 4.78 is 51.6. The summed E-state index contributed by atoms with van der Waals surface area (Å²) in [5.74, 6) is -1.30. The molecular formula is C13H10ClF4NS. The van der Waals surface area contributed by atoms with Crippen molar-refractivity contribution in [2.24, 2.45) is 5.73 Å². The normalized spacial score (nSPS) is 13.5. The van der Waals surface area contributed by atoms with Gasteiger partial charge >= 0.3 is 6.18 Å². The lowest BCUT2D eigenvalue weighted by molar-refractivity contribution is -0.140. The number of hydrogen-bond donors (Lipinski definition) is 1. The summed E-state index contributed by atoms with van der Waals surface area (Å²) in [7, 11) is 0. The van der Waals surface area contributed by atoms with Crippen molar-refractivity contribution >= 4 is 22.9 Å². The highest BCUT2D eigenvalue weighted by Crippen LogP contribution is 2.33. The second-order valence-corrected chi connectivity index (χ2v) is 6.05. The molecule has 0 saturated heterocycles. The molecule has 0 saturated carbocycles. The summed E-state index contributed by atoms with van der Waals surface area (Å²) in [5.41, 5.74) is 4.81. The second kappa shape index (κ2) is 5.71. The van der Waals surface area contributed by atoms with Crippen molar-refractivity contribution < 1.29 is 17.6 Å². The number of benzene rings is 1. The Morgan fingerprint density at radius 2 is 1.90 bits per heavy atom. The molecule has 0 aliphatic heterocycles.